The number of ether oxygens (including phenoxy) is 1. The molecule has 1 N–H and O–H groups in total. The summed E-state index contributed by atoms with van der Waals surface area (Å²) in [5, 5.41) is 3.17. The van der Waals surface area contributed by atoms with Gasteiger partial charge < -0.3 is 10.1 Å². The number of hydrogen-bond acceptors (Lipinski definition) is 4. The highest BCUT2D eigenvalue weighted by atomic mass is 16.5. The van der Waals surface area contributed by atoms with Gasteiger partial charge in [-0.05, 0) is 68.2 Å². The van der Waals surface area contributed by atoms with Crippen LogP contribution in [0, 0.1) is 5.92 Å². The van der Waals surface area contributed by atoms with E-state index in [0.29, 0.717) is 24.1 Å². The maximum Gasteiger partial charge on any atom is 0.225 e. The number of amides is 1. The first-order valence-electron chi connectivity index (χ1n) is 12.9. The Labute approximate surface area is 202 Å². The largest absolute Gasteiger partial charge is 0.497 e. The van der Waals surface area contributed by atoms with Crippen LogP contribution in [-0.4, -0.2) is 23.0 Å². The minimum Gasteiger partial charge on any atom is -0.497 e. The Morgan fingerprint density at radius 3 is 2.79 bits per heavy atom. The minimum atomic E-state index is 0.0276. The molecule has 5 nitrogen and oxygen atoms in total. The molecule has 2 aromatic rings. The molecule has 1 amide bonds. The second-order valence-corrected chi connectivity index (χ2v) is 10.0. The van der Waals surface area contributed by atoms with Gasteiger partial charge in [-0.15, -0.1) is 0 Å². The minimum absolute atomic E-state index is 0.0276. The summed E-state index contributed by atoms with van der Waals surface area (Å²) < 4.78 is 5.43. The Hall–Kier alpha value is -2.95. The van der Waals surface area contributed by atoms with Gasteiger partial charge in [0.25, 0.3) is 0 Å². The number of allylic oxidation sites excluding steroid dienone is 4. The second kappa shape index (κ2) is 10.1. The first-order valence-corrected chi connectivity index (χ1v) is 12.9. The summed E-state index contributed by atoms with van der Waals surface area (Å²) in [6, 6.07) is 6.22. The second-order valence-electron chi connectivity index (χ2n) is 10.0. The molecule has 0 bridgehead atoms. The lowest BCUT2D eigenvalue weighted by atomic mass is 9.85. The van der Waals surface area contributed by atoms with Crippen LogP contribution in [0.2, 0.25) is 0 Å². The monoisotopic (exact) mass is 457 g/mol. The van der Waals surface area contributed by atoms with Gasteiger partial charge >= 0.3 is 0 Å². The van der Waals surface area contributed by atoms with Crippen molar-refractivity contribution in [3.05, 3.63) is 59.0 Å². The van der Waals surface area contributed by atoms with Gasteiger partial charge in [-0.1, -0.05) is 50.0 Å². The van der Waals surface area contributed by atoms with Crippen molar-refractivity contribution in [1.29, 1.82) is 0 Å². The molecule has 5 heteroatoms. The van der Waals surface area contributed by atoms with Crippen LogP contribution in [0.25, 0.3) is 11.3 Å². The summed E-state index contributed by atoms with van der Waals surface area (Å²) >= 11 is 0. The number of aromatic nitrogens is 2. The highest BCUT2D eigenvalue weighted by Gasteiger charge is 2.27. The van der Waals surface area contributed by atoms with Crippen molar-refractivity contribution in [3.63, 3.8) is 0 Å². The van der Waals surface area contributed by atoms with Crippen molar-refractivity contribution in [2.24, 2.45) is 5.92 Å². The van der Waals surface area contributed by atoms with E-state index in [4.69, 9.17) is 14.7 Å². The third-order valence-corrected chi connectivity index (χ3v) is 7.42. The molecule has 0 spiro atoms. The van der Waals surface area contributed by atoms with Crippen LogP contribution in [0.5, 0.6) is 5.75 Å². The quantitative estimate of drug-likeness (QED) is 0.535. The number of hydrogen-bond donors (Lipinski definition) is 1. The molecule has 0 saturated heterocycles. The van der Waals surface area contributed by atoms with E-state index in [9.17, 15) is 4.79 Å². The Morgan fingerprint density at radius 2 is 2.00 bits per heavy atom. The van der Waals surface area contributed by atoms with Crippen LogP contribution < -0.4 is 10.1 Å². The lowest BCUT2D eigenvalue weighted by molar-refractivity contribution is -0.116. The van der Waals surface area contributed by atoms with Crippen molar-refractivity contribution in [2.45, 2.75) is 77.0 Å². The van der Waals surface area contributed by atoms with Crippen LogP contribution in [0.15, 0.2) is 42.0 Å². The van der Waals surface area contributed by atoms with E-state index in [1.807, 2.05) is 6.07 Å². The zero-order valence-electron chi connectivity index (χ0n) is 20.4. The maximum atomic E-state index is 13.0. The number of anilines is 1. The molecule has 0 aliphatic heterocycles. The summed E-state index contributed by atoms with van der Waals surface area (Å²) in [7, 11) is 1.70. The van der Waals surface area contributed by atoms with Gasteiger partial charge in [-0.25, -0.2) is 9.97 Å². The molecule has 1 unspecified atom stereocenters. The zero-order valence-corrected chi connectivity index (χ0v) is 20.4. The molecular weight excluding hydrogens is 422 g/mol. The molecular formula is C29H35N3O2. The number of methoxy groups -OCH3 is 1. The SMILES string of the molecule is COc1ccc2c(c1)CCc1nc(NC(=O)CCC3=CC(C)CC=C3)c(C3CCCCC3)nc1-2. The summed E-state index contributed by atoms with van der Waals surface area (Å²) in [6.45, 7) is 2.22. The highest BCUT2D eigenvalue weighted by Crippen LogP contribution is 2.39. The average molecular weight is 458 g/mol. The predicted octanol–water partition coefficient (Wildman–Crippen LogP) is 6.54. The first kappa shape index (κ1) is 22.8. The fraction of sp³-hybridized carbons (Fsp3) is 0.483. The number of aryl methyl sites for hydroxylation is 2. The lowest BCUT2D eigenvalue weighted by Crippen LogP contribution is -2.20. The smallest absolute Gasteiger partial charge is 0.225 e. The van der Waals surface area contributed by atoms with E-state index < -0.39 is 0 Å². The van der Waals surface area contributed by atoms with Gasteiger partial charge in [0.05, 0.1) is 24.2 Å². The standard InChI is InChI=1S/C29H35N3O2/c1-19-7-6-8-20(17-19)11-16-26(33)31-29-27(21-9-4-3-5-10-21)32-28-24-14-13-23(34-2)18-22(24)12-15-25(28)30-29/h6,8,13-14,17-19,21H,3-5,7,9-12,15-16H2,1-2H3,(H,30,31,33). The van der Waals surface area contributed by atoms with Crippen LogP contribution in [-0.2, 0) is 17.6 Å². The number of rotatable bonds is 6. The molecule has 1 aromatic heterocycles. The maximum absolute atomic E-state index is 13.0. The van der Waals surface area contributed by atoms with Gasteiger partial charge in [0.1, 0.15) is 5.75 Å². The fourth-order valence-electron chi connectivity index (χ4n) is 5.56. The van der Waals surface area contributed by atoms with Gasteiger partial charge in [0.2, 0.25) is 5.91 Å². The van der Waals surface area contributed by atoms with Crippen molar-refractivity contribution >= 4 is 11.7 Å². The van der Waals surface area contributed by atoms with E-state index in [-0.39, 0.29) is 5.91 Å². The van der Waals surface area contributed by atoms with E-state index in [1.54, 1.807) is 7.11 Å². The molecule has 1 aromatic carbocycles. The molecule has 178 valence electrons. The number of benzene rings is 1. The van der Waals surface area contributed by atoms with Crippen molar-refractivity contribution in [1.82, 2.24) is 9.97 Å². The van der Waals surface area contributed by atoms with Gasteiger partial charge in [-0.3, -0.25) is 4.79 Å². The molecule has 1 saturated carbocycles. The van der Waals surface area contributed by atoms with E-state index in [0.717, 1.165) is 66.9 Å². The van der Waals surface area contributed by atoms with E-state index in [1.165, 1.54) is 30.4 Å². The number of carbonyl (C=O) groups excluding carboxylic acids is 1. The number of nitrogens with one attached hydrogen (secondary N) is 1. The number of fused-ring (bicyclic) bond motifs is 3. The Bertz CT molecular complexity index is 1130. The lowest BCUT2D eigenvalue weighted by Gasteiger charge is -2.26. The topological polar surface area (TPSA) is 64.1 Å². The molecule has 34 heavy (non-hydrogen) atoms. The molecule has 5 rings (SSSR count). The molecule has 1 atom stereocenters. The van der Waals surface area contributed by atoms with E-state index >= 15 is 0 Å². The summed E-state index contributed by atoms with van der Waals surface area (Å²) in [4.78, 5) is 23.2. The van der Waals surface area contributed by atoms with Crippen LogP contribution >= 0.6 is 0 Å². The first-order chi connectivity index (χ1) is 16.6. The Morgan fingerprint density at radius 1 is 1.15 bits per heavy atom. The van der Waals surface area contributed by atoms with Gasteiger partial charge in [0.15, 0.2) is 5.82 Å². The predicted molar refractivity (Wildman–Crippen MR) is 136 cm³/mol. The number of carbonyl (C=O) groups is 1. The summed E-state index contributed by atoms with van der Waals surface area (Å²) in [5.74, 6) is 2.50. The summed E-state index contributed by atoms with van der Waals surface area (Å²) in [5.41, 5.74) is 6.60. The highest BCUT2D eigenvalue weighted by molar-refractivity contribution is 5.91. The molecule has 3 aliphatic rings. The molecule has 0 radical (unpaired) electrons. The number of nitrogens with zero attached hydrogens (tertiary/aromatic N) is 2. The Kier molecular flexibility index (Phi) is 6.80. The average Bonchev–Trinajstić information content (AvgIpc) is 2.87. The normalized spacial score (nSPS) is 19.7. The van der Waals surface area contributed by atoms with E-state index in [2.05, 4.69) is 42.6 Å². The fourth-order valence-corrected chi connectivity index (χ4v) is 5.56. The molecule has 1 heterocycles. The third kappa shape index (κ3) is 4.94. The molecule has 1 fully saturated rings. The van der Waals surface area contributed by atoms with Gasteiger partial charge in [0, 0.05) is 17.9 Å². The Balaban J connectivity index is 1.42. The van der Waals surface area contributed by atoms with Crippen molar-refractivity contribution < 1.29 is 9.53 Å². The van der Waals surface area contributed by atoms with Crippen molar-refractivity contribution in [2.75, 3.05) is 12.4 Å². The van der Waals surface area contributed by atoms with Crippen LogP contribution in [0.3, 0.4) is 0 Å². The summed E-state index contributed by atoms with van der Waals surface area (Å²) in [6.07, 6.45) is 16.6. The van der Waals surface area contributed by atoms with Crippen molar-refractivity contribution in [3.8, 4) is 17.0 Å². The van der Waals surface area contributed by atoms with Crippen LogP contribution in [0.4, 0.5) is 5.82 Å². The van der Waals surface area contributed by atoms with Crippen LogP contribution in [0.1, 0.15) is 81.2 Å². The van der Waals surface area contributed by atoms with Gasteiger partial charge in [-0.2, -0.15) is 0 Å². The molecule has 3 aliphatic carbocycles. The zero-order chi connectivity index (χ0) is 23.5. The third-order valence-electron chi connectivity index (χ3n) is 7.42.